The van der Waals surface area contributed by atoms with Gasteiger partial charge in [-0.1, -0.05) is 22.0 Å². The Bertz CT molecular complexity index is 886. The van der Waals surface area contributed by atoms with Crippen molar-refractivity contribution >= 4 is 34.0 Å². The summed E-state index contributed by atoms with van der Waals surface area (Å²) >= 11 is 3.29. The molecule has 8 nitrogen and oxygen atoms in total. The minimum atomic E-state index is -0.473. The zero-order chi connectivity index (χ0) is 20.5. The molecule has 9 heteroatoms. The normalized spacial score (nSPS) is 10.4. The van der Waals surface area contributed by atoms with Crippen molar-refractivity contribution in [1.29, 1.82) is 0 Å². The molecule has 2 N–H and O–H groups in total. The van der Waals surface area contributed by atoms with Gasteiger partial charge in [0, 0.05) is 21.7 Å². The highest BCUT2D eigenvalue weighted by Crippen LogP contribution is 2.33. The van der Waals surface area contributed by atoms with Crippen LogP contribution in [0.15, 0.2) is 46.0 Å². The van der Waals surface area contributed by atoms with Crippen LogP contribution in [-0.2, 0) is 4.79 Å². The molecule has 0 atom stereocenters. The van der Waals surface area contributed by atoms with Crippen molar-refractivity contribution in [2.75, 3.05) is 27.9 Å². The Hall–Kier alpha value is -3.07. The summed E-state index contributed by atoms with van der Waals surface area (Å²) in [6.07, 6.45) is 1.41. The van der Waals surface area contributed by atoms with E-state index in [9.17, 15) is 9.59 Å². The van der Waals surface area contributed by atoms with Crippen molar-refractivity contribution in [2.24, 2.45) is 5.10 Å². The summed E-state index contributed by atoms with van der Waals surface area (Å²) in [6.45, 7) is -0.217. The van der Waals surface area contributed by atoms with E-state index in [4.69, 9.17) is 14.2 Å². The Morgan fingerprint density at radius 2 is 1.71 bits per heavy atom. The summed E-state index contributed by atoms with van der Waals surface area (Å²) in [5.74, 6) is 0.674. The summed E-state index contributed by atoms with van der Waals surface area (Å²) in [7, 11) is 4.54. The number of hydrogen-bond donors (Lipinski definition) is 2. The fraction of sp³-hybridized carbons (Fsp3) is 0.211. The van der Waals surface area contributed by atoms with Gasteiger partial charge in [-0.3, -0.25) is 9.59 Å². The minimum Gasteiger partial charge on any atom is -0.496 e. The molecule has 2 rings (SSSR count). The zero-order valence-electron chi connectivity index (χ0n) is 15.6. The topological polar surface area (TPSA) is 98.2 Å². The van der Waals surface area contributed by atoms with Gasteiger partial charge in [-0.25, -0.2) is 5.43 Å². The van der Waals surface area contributed by atoms with E-state index < -0.39 is 5.91 Å². The molecule has 2 amide bonds. The number of benzene rings is 2. The van der Waals surface area contributed by atoms with Gasteiger partial charge in [-0.2, -0.15) is 5.10 Å². The molecular weight excluding hydrogens is 430 g/mol. The van der Waals surface area contributed by atoms with E-state index in [0.29, 0.717) is 28.4 Å². The maximum absolute atomic E-state index is 12.0. The van der Waals surface area contributed by atoms with E-state index >= 15 is 0 Å². The summed E-state index contributed by atoms with van der Waals surface area (Å²) < 4.78 is 16.5. The third kappa shape index (κ3) is 5.71. The largest absolute Gasteiger partial charge is 0.496 e. The standard InChI is InChI=1S/C19H20BrN3O5/c1-26-15-9-17(28-3)16(27-2)8-13(15)10-22-23-18(24)11-21-19(25)12-5-4-6-14(20)7-12/h4-10H,11H2,1-3H3,(H,21,25)(H,23,24)/b22-10+. The van der Waals surface area contributed by atoms with Crippen LogP contribution in [0.4, 0.5) is 0 Å². The van der Waals surface area contributed by atoms with E-state index in [2.05, 4.69) is 31.8 Å². The zero-order valence-corrected chi connectivity index (χ0v) is 17.2. The third-order valence-corrected chi connectivity index (χ3v) is 4.12. The van der Waals surface area contributed by atoms with Gasteiger partial charge in [-0.05, 0) is 24.3 Å². The Labute approximate surface area is 171 Å². The lowest BCUT2D eigenvalue weighted by molar-refractivity contribution is -0.120. The predicted octanol–water partition coefficient (Wildman–Crippen LogP) is 2.35. The molecule has 0 saturated heterocycles. The molecule has 0 heterocycles. The van der Waals surface area contributed by atoms with Crippen molar-refractivity contribution in [3.63, 3.8) is 0 Å². The average molecular weight is 450 g/mol. The molecule has 0 unspecified atom stereocenters. The molecule has 0 saturated carbocycles. The first-order valence-corrected chi connectivity index (χ1v) is 8.93. The van der Waals surface area contributed by atoms with Crippen LogP contribution in [-0.4, -0.2) is 45.9 Å². The Morgan fingerprint density at radius 3 is 2.36 bits per heavy atom. The highest BCUT2D eigenvalue weighted by atomic mass is 79.9. The number of amides is 2. The summed E-state index contributed by atoms with van der Waals surface area (Å²) in [5, 5.41) is 6.41. The highest BCUT2D eigenvalue weighted by molar-refractivity contribution is 9.10. The van der Waals surface area contributed by atoms with Crippen LogP contribution in [0.3, 0.4) is 0 Å². The van der Waals surface area contributed by atoms with Crippen LogP contribution in [0.1, 0.15) is 15.9 Å². The molecule has 0 radical (unpaired) electrons. The molecule has 0 aliphatic rings. The summed E-state index contributed by atoms with van der Waals surface area (Å²) in [4.78, 5) is 23.9. The van der Waals surface area contributed by atoms with Gasteiger partial charge in [0.05, 0.1) is 34.1 Å². The quantitative estimate of drug-likeness (QED) is 0.476. The molecule has 0 aromatic heterocycles. The number of rotatable bonds is 8. The van der Waals surface area contributed by atoms with Gasteiger partial charge in [0.1, 0.15) is 5.75 Å². The Kier molecular flexibility index (Phi) is 7.82. The van der Waals surface area contributed by atoms with Crippen molar-refractivity contribution in [1.82, 2.24) is 10.7 Å². The van der Waals surface area contributed by atoms with E-state index in [1.54, 1.807) is 36.4 Å². The fourth-order valence-corrected chi connectivity index (χ4v) is 2.66. The van der Waals surface area contributed by atoms with E-state index in [0.717, 1.165) is 4.47 Å². The Balaban J connectivity index is 1.95. The van der Waals surface area contributed by atoms with Crippen LogP contribution >= 0.6 is 15.9 Å². The molecule has 28 heavy (non-hydrogen) atoms. The lowest BCUT2D eigenvalue weighted by Gasteiger charge is -2.11. The molecule has 148 valence electrons. The van der Waals surface area contributed by atoms with Crippen LogP contribution in [0, 0.1) is 0 Å². The fourth-order valence-electron chi connectivity index (χ4n) is 2.26. The third-order valence-electron chi connectivity index (χ3n) is 3.63. The molecule has 0 fully saturated rings. The number of hydrazone groups is 1. The van der Waals surface area contributed by atoms with Crippen molar-refractivity contribution in [3.8, 4) is 17.2 Å². The number of nitrogens with zero attached hydrogens (tertiary/aromatic N) is 1. The lowest BCUT2D eigenvalue weighted by atomic mass is 10.2. The average Bonchev–Trinajstić information content (AvgIpc) is 2.71. The van der Waals surface area contributed by atoms with Crippen LogP contribution in [0.2, 0.25) is 0 Å². The minimum absolute atomic E-state index is 0.217. The highest BCUT2D eigenvalue weighted by Gasteiger charge is 2.11. The molecular formula is C19H20BrN3O5. The lowest BCUT2D eigenvalue weighted by Crippen LogP contribution is -2.34. The van der Waals surface area contributed by atoms with Gasteiger partial charge >= 0.3 is 0 Å². The molecule has 2 aromatic carbocycles. The van der Waals surface area contributed by atoms with Crippen molar-refractivity contribution < 1.29 is 23.8 Å². The van der Waals surface area contributed by atoms with E-state index in [1.165, 1.54) is 27.5 Å². The second-order valence-corrected chi connectivity index (χ2v) is 6.35. The van der Waals surface area contributed by atoms with Gasteiger partial charge in [0.25, 0.3) is 11.8 Å². The van der Waals surface area contributed by atoms with Crippen LogP contribution in [0.25, 0.3) is 0 Å². The molecule has 0 aliphatic heterocycles. The second kappa shape index (κ2) is 10.3. The second-order valence-electron chi connectivity index (χ2n) is 5.44. The smallest absolute Gasteiger partial charge is 0.259 e. The molecule has 0 aliphatic carbocycles. The Morgan fingerprint density at radius 1 is 1.04 bits per heavy atom. The number of halogens is 1. The van der Waals surface area contributed by atoms with E-state index in [1.807, 2.05) is 0 Å². The molecule has 0 bridgehead atoms. The van der Waals surface area contributed by atoms with E-state index in [-0.39, 0.29) is 12.5 Å². The number of ether oxygens (including phenoxy) is 3. The van der Waals surface area contributed by atoms with Gasteiger partial charge in [0.2, 0.25) is 0 Å². The number of hydrogen-bond acceptors (Lipinski definition) is 6. The first kappa shape index (κ1) is 21.2. The number of carbonyl (C=O) groups excluding carboxylic acids is 2. The van der Waals surface area contributed by atoms with Gasteiger partial charge < -0.3 is 19.5 Å². The molecule has 0 spiro atoms. The van der Waals surface area contributed by atoms with Crippen LogP contribution < -0.4 is 25.0 Å². The first-order valence-electron chi connectivity index (χ1n) is 8.14. The number of methoxy groups -OCH3 is 3. The molecule has 2 aromatic rings. The van der Waals surface area contributed by atoms with Crippen molar-refractivity contribution in [3.05, 3.63) is 52.0 Å². The summed E-state index contributed by atoms with van der Waals surface area (Å²) in [6, 6.07) is 10.2. The number of nitrogens with one attached hydrogen (secondary N) is 2. The predicted molar refractivity (Wildman–Crippen MR) is 108 cm³/mol. The van der Waals surface area contributed by atoms with Gasteiger partial charge in [0.15, 0.2) is 11.5 Å². The van der Waals surface area contributed by atoms with Crippen molar-refractivity contribution in [2.45, 2.75) is 0 Å². The van der Waals surface area contributed by atoms with Gasteiger partial charge in [-0.15, -0.1) is 0 Å². The number of carbonyl (C=O) groups is 2. The first-order chi connectivity index (χ1) is 13.5. The maximum Gasteiger partial charge on any atom is 0.259 e. The maximum atomic E-state index is 12.0. The SMILES string of the molecule is COc1cc(OC)c(OC)cc1/C=N/NC(=O)CNC(=O)c1cccc(Br)c1. The summed E-state index contributed by atoms with van der Waals surface area (Å²) in [5.41, 5.74) is 3.37. The monoisotopic (exact) mass is 449 g/mol. The van der Waals surface area contributed by atoms with Crippen LogP contribution in [0.5, 0.6) is 17.2 Å².